The Bertz CT molecular complexity index is 1850. The first kappa shape index (κ1) is 34.8. The minimum absolute atomic E-state index is 0.0347. The second-order valence-electron chi connectivity index (χ2n) is 13.2. The number of para-hydroxylation sites is 1. The molecular formula is C47H43NO3. The van der Waals surface area contributed by atoms with Crippen molar-refractivity contribution in [3.63, 3.8) is 0 Å². The zero-order valence-electron chi connectivity index (χ0n) is 28.8. The third-order valence-corrected chi connectivity index (χ3v) is 9.61. The number of aromatic hydroxyl groups is 2. The molecule has 0 radical (unpaired) electrons. The summed E-state index contributed by atoms with van der Waals surface area (Å²) in [6.45, 7) is 4.92. The van der Waals surface area contributed by atoms with Crippen molar-refractivity contribution in [3.05, 3.63) is 228 Å². The summed E-state index contributed by atoms with van der Waals surface area (Å²) in [5, 5.41) is 30.6. The molecule has 0 unspecified atom stereocenters. The van der Waals surface area contributed by atoms with Crippen molar-refractivity contribution in [1.29, 1.82) is 0 Å². The normalized spacial score (nSPS) is 11.3. The van der Waals surface area contributed by atoms with E-state index in [1.54, 1.807) is 36.4 Å². The molecule has 254 valence electrons. The summed E-state index contributed by atoms with van der Waals surface area (Å²) in [5.41, 5.74) is 7.86. The van der Waals surface area contributed by atoms with Gasteiger partial charge in [-0.2, -0.15) is 0 Å². The Morgan fingerprint density at radius 2 is 0.706 bits per heavy atom. The number of hydrogen-bond donors (Lipinski definition) is 2. The number of rotatable bonds is 10. The average molecular weight is 670 g/mol. The van der Waals surface area contributed by atoms with E-state index in [1.165, 1.54) is 22.4 Å². The number of phenols is 2. The number of hydrogen-bond acceptors (Lipinski definition) is 3. The number of quaternary nitrogens is 1. The first-order chi connectivity index (χ1) is 24.8. The maximum Gasteiger partial charge on any atom is 0.133 e. The molecule has 0 atom stereocenters. The van der Waals surface area contributed by atoms with Crippen LogP contribution in [0.5, 0.6) is 17.2 Å². The molecule has 7 aromatic carbocycles. The van der Waals surface area contributed by atoms with Gasteiger partial charge < -0.3 is 15.3 Å². The molecule has 2 N–H and O–H groups in total. The molecule has 0 bridgehead atoms. The minimum Gasteiger partial charge on any atom is -0.872 e. The Labute approximate surface area is 301 Å². The van der Waals surface area contributed by atoms with Crippen LogP contribution in [-0.4, -0.2) is 10.2 Å². The smallest absolute Gasteiger partial charge is 0.133 e. The van der Waals surface area contributed by atoms with Crippen molar-refractivity contribution in [2.24, 2.45) is 0 Å². The molecule has 0 spiro atoms. The van der Waals surface area contributed by atoms with E-state index in [2.05, 4.69) is 128 Å². The summed E-state index contributed by atoms with van der Waals surface area (Å²) >= 11 is 0. The van der Waals surface area contributed by atoms with Crippen LogP contribution in [0.3, 0.4) is 0 Å². The third kappa shape index (κ3) is 8.56. The zero-order valence-corrected chi connectivity index (χ0v) is 28.8. The molecule has 0 aliphatic heterocycles. The van der Waals surface area contributed by atoms with Crippen LogP contribution in [0.25, 0.3) is 0 Å². The van der Waals surface area contributed by atoms with Crippen molar-refractivity contribution >= 4 is 5.69 Å². The first-order valence-corrected chi connectivity index (χ1v) is 17.2. The standard InChI is InChI=1S/C27H26N.C20H18O3/c1-5-13-24(14-6-1)21-28(27-19-11-4-12-20-27,22-25-15-7-2-8-16-25)23-26-17-9-3-10-18-26;1-20(14-2-8-17(21)9-3-14,15-4-10-18(22)11-5-15)16-6-12-19(23)13-7-16/h1-20H,21-23H2;2-13,21-23H,1H3/q+1;/p-1. The van der Waals surface area contributed by atoms with Crippen LogP contribution >= 0.6 is 0 Å². The van der Waals surface area contributed by atoms with E-state index < -0.39 is 5.41 Å². The van der Waals surface area contributed by atoms with Crippen molar-refractivity contribution in [1.82, 2.24) is 4.48 Å². The van der Waals surface area contributed by atoms with Gasteiger partial charge in [0, 0.05) is 22.1 Å². The summed E-state index contributed by atoms with van der Waals surface area (Å²) in [4.78, 5) is 0. The fourth-order valence-electron chi connectivity index (χ4n) is 6.86. The molecule has 0 saturated heterocycles. The van der Waals surface area contributed by atoms with Gasteiger partial charge >= 0.3 is 0 Å². The predicted molar refractivity (Wildman–Crippen MR) is 206 cm³/mol. The maximum atomic E-state index is 11.4. The molecule has 0 aromatic heterocycles. The zero-order chi connectivity index (χ0) is 35.5. The summed E-state index contributed by atoms with van der Waals surface area (Å²) in [6.07, 6.45) is 0. The average Bonchev–Trinajstić information content (AvgIpc) is 3.17. The first-order valence-electron chi connectivity index (χ1n) is 17.2. The van der Waals surface area contributed by atoms with Crippen LogP contribution in [-0.2, 0) is 25.0 Å². The Morgan fingerprint density at radius 3 is 1.04 bits per heavy atom. The topological polar surface area (TPSA) is 63.5 Å². The molecule has 0 saturated carbocycles. The molecule has 4 nitrogen and oxygen atoms in total. The summed E-state index contributed by atoms with van der Waals surface area (Å²) < 4.78 is 0.860. The highest BCUT2D eigenvalue weighted by Crippen LogP contribution is 2.40. The summed E-state index contributed by atoms with van der Waals surface area (Å²) in [6, 6.07) is 64.3. The van der Waals surface area contributed by atoms with Gasteiger partial charge in [0.2, 0.25) is 0 Å². The van der Waals surface area contributed by atoms with Gasteiger partial charge in [-0.1, -0.05) is 158 Å². The number of phenolic OH excluding ortho intramolecular Hbond substituents is 2. The van der Waals surface area contributed by atoms with Crippen molar-refractivity contribution < 1.29 is 15.3 Å². The molecule has 0 amide bonds. The van der Waals surface area contributed by atoms with Gasteiger partial charge in [0.05, 0.1) is 0 Å². The quantitative estimate of drug-likeness (QED) is 0.113. The van der Waals surface area contributed by atoms with Crippen LogP contribution in [0.4, 0.5) is 5.69 Å². The van der Waals surface area contributed by atoms with E-state index in [-0.39, 0.29) is 17.2 Å². The Morgan fingerprint density at radius 1 is 0.412 bits per heavy atom. The fraction of sp³-hybridized carbons (Fsp3) is 0.106. The van der Waals surface area contributed by atoms with E-state index in [4.69, 9.17) is 0 Å². The minimum atomic E-state index is -0.505. The van der Waals surface area contributed by atoms with Crippen LogP contribution in [0.1, 0.15) is 40.3 Å². The summed E-state index contributed by atoms with van der Waals surface area (Å²) in [5.74, 6) is 0.376. The lowest BCUT2D eigenvalue weighted by molar-refractivity contribution is -0.268. The molecule has 4 heteroatoms. The van der Waals surface area contributed by atoms with Gasteiger partial charge in [0.1, 0.15) is 36.8 Å². The van der Waals surface area contributed by atoms with Crippen molar-refractivity contribution in [2.75, 3.05) is 0 Å². The van der Waals surface area contributed by atoms with Crippen LogP contribution < -0.4 is 9.59 Å². The van der Waals surface area contributed by atoms with Crippen LogP contribution in [0.15, 0.2) is 194 Å². The third-order valence-electron chi connectivity index (χ3n) is 9.61. The van der Waals surface area contributed by atoms with E-state index in [0.29, 0.717) is 0 Å². The molecule has 0 fully saturated rings. The highest BCUT2D eigenvalue weighted by molar-refractivity contribution is 5.52. The lowest BCUT2D eigenvalue weighted by atomic mass is 9.71. The highest BCUT2D eigenvalue weighted by atomic mass is 16.3. The van der Waals surface area contributed by atoms with Crippen LogP contribution in [0.2, 0.25) is 0 Å². The maximum absolute atomic E-state index is 11.4. The number of benzene rings is 7. The van der Waals surface area contributed by atoms with Gasteiger partial charge in [0.25, 0.3) is 0 Å². The molecule has 0 aliphatic carbocycles. The van der Waals surface area contributed by atoms with Gasteiger partial charge in [-0.25, -0.2) is 0 Å². The molecular weight excluding hydrogens is 627 g/mol. The lowest BCUT2D eigenvalue weighted by Gasteiger charge is -2.39. The van der Waals surface area contributed by atoms with E-state index in [0.717, 1.165) is 40.8 Å². The molecule has 0 heterocycles. The van der Waals surface area contributed by atoms with Gasteiger partial charge in [-0.15, -0.1) is 5.75 Å². The highest BCUT2D eigenvalue weighted by Gasteiger charge is 2.32. The molecule has 7 rings (SSSR count). The predicted octanol–water partition coefficient (Wildman–Crippen LogP) is 10.1. The lowest BCUT2D eigenvalue weighted by Crippen LogP contribution is -2.47. The fourth-order valence-corrected chi connectivity index (χ4v) is 6.86. The van der Waals surface area contributed by atoms with Crippen molar-refractivity contribution in [3.8, 4) is 17.2 Å². The monoisotopic (exact) mass is 669 g/mol. The number of nitrogens with zero attached hydrogens (tertiary/aromatic N) is 1. The Hall–Kier alpha value is -6.10. The Balaban J connectivity index is 0.000000179. The van der Waals surface area contributed by atoms with E-state index in [9.17, 15) is 15.3 Å². The second-order valence-corrected chi connectivity index (χ2v) is 13.2. The van der Waals surface area contributed by atoms with Crippen LogP contribution in [0, 0.1) is 0 Å². The molecule has 7 aromatic rings. The van der Waals surface area contributed by atoms with Gasteiger partial charge in [0.15, 0.2) is 0 Å². The van der Waals surface area contributed by atoms with Gasteiger partial charge in [-0.05, 0) is 60.0 Å². The summed E-state index contributed by atoms with van der Waals surface area (Å²) in [7, 11) is 0. The molecule has 0 aliphatic rings. The van der Waals surface area contributed by atoms with Crippen molar-refractivity contribution in [2.45, 2.75) is 32.0 Å². The van der Waals surface area contributed by atoms with E-state index >= 15 is 0 Å². The largest absolute Gasteiger partial charge is 0.872 e. The van der Waals surface area contributed by atoms with Gasteiger partial charge in [-0.3, -0.25) is 4.48 Å². The SMILES string of the molecule is CC(c1ccc([O-])cc1)(c1ccc(O)cc1)c1ccc(O)cc1.c1ccc(C[N+](Cc2ccccc2)(Cc2ccccc2)c2ccccc2)cc1. The Kier molecular flexibility index (Phi) is 11.0. The molecule has 51 heavy (non-hydrogen) atoms. The van der Waals surface area contributed by atoms with E-state index in [1.807, 2.05) is 36.4 Å². The second kappa shape index (κ2) is 16.1.